The minimum Gasteiger partial charge on any atom is -0.387 e. The third kappa shape index (κ3) is 5.73. The Balaban J connectivity index is 1.33. The van der Waals surface area contributed by atoms with Crippen LogP contribution in [0.15, 0.2) is 34.1 Å². The zero-order valence-corrected chi connectivity index (χ0v) is 19.7. The quantitative estimate of drug-likeness (QED) is 0.155. The highest BCUT2D eigenvalue weighted by Gasteiger charge is 2.47. The summed E-state index contributed by atoms with van der Waals surface area (Å²) in [6.45, 7) is -1.49. The molecule has 204 valence electrons. The molecule has 2 aliphatic heterocycles. The molecule has 18 nitrogen and oxygen atoms in total. The van der Waals surface area contributed by atoms with Crippen LogP contribution in [0.2, 0.25) is 0 Å². The number of ether oxygens (including phenoxy) is 2. The van der Waals surface area contributed by atoms with E-state index in [1.165, 1.54) is 24.5 Å². The molecule has 2 aliphatic rings. The number of aliphatic hydroxyl groups excluding tert-OH is 4. The highest BCUT2D eigenvalue weighted by atomic mass is 31.2. The van der Waals surface area contributed by atoms with E-state index < -0.39 is 81.5 Å². The van der Waals surface area contributed by atoms with Gasteiger partial charge in [0.05, 0.1) is 13.2 Å². The Morgan fingerprint density at radius 3 is 1.54 bits per heavy atom. The zero-order chi connectivity index (χ0) is 27.1. The molecule has 0 radical (unpaired) electrons. The number of aromatic nitrogens is 4. The maximum atomic E-state index is 12.3. The smallest absolute Gasteiger partial charge is 0.387 e. The van der Waals surface area contributed by atoms with Gasteiger partial charge < -0.3 is 46.3 Å². The van der Waals surface area contributed by atoms with Crippen molar-refractivity contribution in [1.29, 1.82) is 0 Å². The van der Waals surface area contributed by atoms with Crippen LogP contribution < -0.4 is 22.8 Å². The molecule has 9 N–H and O–H groups in total. The summed E-state index contributed by atoms with van der Waals surface area (Å²) >= 11 is 0. The highest BCUT2D eigenvalue weighted by molar-refractivity contribution is 7.47. The minimum absolute atomic E-state index is 0.0695. The van der Waals surface area contributed by atoms with E-state index in [4.69, 9.17) is 30.0 Å². The predicted octanol–water partition coefficient (Wildman–Crippen LogP) is -3.96. The van der Waals surface area contributed by atoms with Crippen LogP contribution in [0.1, 0.15) is 12.5 Å². The third-order valence-corrected chi connectivity index (χ3v) is 6.68. The maximum Gasteiger partial charge on any atom is 0.472 e. The van der Waals surface area contributed by atoms with E-state index in [1.54, 1.807) is 0 Å². The molecular weight excluding hydrogens is 523 g/mol. The van der Waals surface area contributed by atoms with Crippen molar-refractivity contribution >= 4 is 19.5 Å². The molecule has 0 spiro atoms. The molecule has 37 heavy (non-hydrogen) atoms. The normalized spacial score (nSPS) is 33.4. The molecule has 4 rings (SSSR count). The summed E-state index contributed by atoms with van der Waals surface area (Å²) in [6.07, 6.45) is -9.52. The molecule has 19 heteroatoms. The van der Waals surface area contributed by atoms with Crippen molar-refractivity contribution in [3.8, 4) is 0 Å². The lowest BCUT2D eigenvalue weighted by Gasteiger charge is -2.20. The first-order valence-electron chi connectivity index (χ1n) is 10.7. The van der Waals surface area contributed by atoms with Crippen molar-refractivity contribution < 1.29 is 48.4 Å². The lowest BCUT2D eigenvalue weighted by molar-refractivity contribution is -0.0640. The first-order chi connectivity index (χ1) is 17.4. The fraction of sp³-hybridized carbons (Fsp3) is 0.556. The molecule has 0 aromatic carbocycles. The van der Waals surface area contributed by atoms with Crippen LogP contribution in [0.25, 0.3) is 0 Å². The van der Waals surface area contributed by atoms with Gasteiger partial charge in [0.25, 0.3) is 0 Å². The number of anilines is 2. The summed E-state index contributed by atoms with van der Waals surface area (Å²) in [6, 6.07) is 2.54. The molecular formula is C18H25N6O12P. The second kappa shape index (κ2) is 10.5. The lowest BCUT2D eigenvalue weighted by Crippen LogP contribution is -2.36. The Morgan fingerprint density at radius 2 is 1.19 bits per heavy atom. The fourth-order valence-electron chi connectivity index (χ4n) is 3.81. The average Bonchev–Trinajstić information content (AvgIpc) is 3.27. The number of nitrogen functional groups attached to an aromatic ring is 2. The summed E-state index contributed by atoms with van der Waals surface area (Å²) in [4.78, 5) is 41.0. The van der Waals surface area contributed by atoms with Gasteiger partial charge in [0, 0.05) is 12.4 Å². The Labute approximate surface area is 206 Å². The highest BCUT2D eigenvalue weighted by Crippen LogP contribution is 2.45. The second-order valence-corrected chi connectivity index (χ2v) is 9.69. The van der Waals surface area contributed by atoms with Crippen LogP contribution in [0.5, 0.6) is 0 Å². The van der Waals surface area contributed by atoms with E-state index in [-0.39, 0.29) is 11.6 Å². The topological polar surface area (TPSA) is 277 Å². The van der Waals surface area contributed by atoms with Gasteiger partial charge >= 0.3 is 19.2 Å². The average molecular weight is 548 g/mol. The van der Waals surface area contributed by atoms with Gasteiger partial charge in [0.1, 0.15) is 48.3 Å². The minimum atomic E-state index is -4.85. The second-order valence-electron chi connectivity index (χ2n) is 8.24. The number of nitrogens with zero attached hydrogens (tertiary/aromatic N) is 4. The number of rotatable bonds is 8. The summed E-state index contributed by atoms with van der Waals surface area (Å²) < 4.78 is 34.6. The van der Waals surface area contributed by atoms with Crippen LogP contribution in [0.3, 0.4) is 0 Å². The van der Waals surface area contributed by atoms with Crippen LogP contribution in [0, 0.1) is 0 Å². The van der Waals surface area contributed by atoms with E-state index >= 15 is 0 Å². The SMILES string of the molecule is Nc1ccn(C2OC(COP(=O)(O)OCC3OC(n4ccc(N)nc4=O)C(O)C3O)C(O)C2O)c(=O)n1. The van der Waals surface area contributed by atoms with E-state index in [0.717, 1.165) is 9.13 Å². The molecule has 8 atom stereocenters. The number of phosphoric acid groups is 1. The summed E-state index contributed by atoms with van der Waals surface area (Å²) in [7, 11) is -4.85. The summed E-state index contributed by atoms with van der Waals surface area (Å²) in [5.74, 6) is -0.139. The van der Waals surface area contributed by atoms with E-state index in [9.17, 15) is 39.5 Å². The van der Waals surface area contributed by atoms with Crippen molar-refractivity contribution in [3.63, 3.8) is 0 Å². The Kier molecular flexibility index (Phi) is 7.77. The van der Waals surface area contributed by atoms with Gasteiger partial charge in [-0.1, -0.05) is 0 Å². The van der Waals surface area contributed by atoms with Gasteiger partial charge in [-0.3, -0.25) is 18.2 Å². The Morgan fingerprint density at radius 1 is 0.811 bits per heavy atom. The number of nitrogens with two attached hydrogens (primary N) is 2. The molecule has 2 aromatic heterocycles. The number of aliphatic hydroxyl groups is 4. The Bertz CT molecular complexity index is 1200. The summed E-state index contributed by atoms with van der Waals surface area (Å²) in [5, 5.41) is 40.9. The number of hydrogen-bond acceptors (Lipinski definition) is 15. The van der Waals surface area contributed by atoms with Gasteiger partial charge in [0.2, 0.25) is 0 Å². The van der Waals surface area contributed by atoms with Gasteiger partial charge in [-0.25, -0.2) is 14.2 Å². The number of hydrogen-bond donors (Lipinski definition) is 7. The van der Waals surface area contributed by atoms with E-state index in [0.29, 0.717) is 0 Å². The van der Waals surface area contributed by atoms with Crippen LogP contribution >= 0.6 is 7.82 Å². The van der Waals surface area contributed by atoms with Gasteiger partial charge in [-0.15, -0.1) is 0 Å². The van der Waals surface area contributed by atoms with Crippen molar-refractivity contribution in [2.45, 2.75) is 49.1 Å². The van der Waals surface area contributed by atoms with Gasteiger partial charge in [0.15, 0.2) is 12.5 Å². The van der Waals surface area contributed by atoms with Crippen molar-refractivity contribution in [1.82, 2.24) is 19.1 Å². The molecule has 2 fully saturated rings. The molecule has 0 aliphatic carbocycles. The van der Waals surface area contributed by atoms with Crippen molar-refractivity contribution in [2.75, 3.05) is 24.7 Å². The van der Waals surface area contributed by atoms with Crippen LogP contribution in [-0.2, 0) is 23.1 Å². The van der Waals surface area contributed by atoms with Gasteiger partial charge in [-0.05, 0) is 12.1 Å². The predicted molar refractivity (Wildman–Crippen MR) is 119 cm³/mol. The molecule has 2 aromatic rings. The molecule has 0 amide bonds. The first kappa shape index (κ1) is 27.3. The lowest BCUT2D eigenvalue weighted by atomic mass is 10.1. The van der Waals surface area contributed by atoms with Crippen molar-refractivity contribution in [3.05, 3.63) is 45.5 Å². The largest absolute Gasteiger partial charge is 0.472 e. The van der Waals surface area contributed by atoms with E-state index in [1.807, 2.05) is 0 Å². The third-order valence-electron chi connectivity index (χ3n) is 5.73. The van der Waals surface area contributed by atoms with E-state index in [2.05, 4.69) is 9.97 Å². The van der Waals surface area contributed by atoms with Gasteiger partial charge in [-0.2, -0.15) is 9.97 Å². The Hall–Kier alpha value is -2.77. The van der Waals surface area contributed by atoms with Crippen molar-refractivity contribution in [2.24, 2.45) is 0 Å². The summed E-state index contributed by atoms with van der Waals surface area (Å²) in [5.41, 5.74) is 9.12. The molecule has 2 saturated heterocycles. The molecule has 0 bridgehead atoms. The monoisotopic (exact) mass is 548 g/mol. The standard InChI is InChI=1S/C18H25N6O12P/c19-9-1-3-23(17(29)21-9)15-13(27)11(25)7(35-15)5-33-37(31,32)34-6-8-12(26)14(28)16(36-8)24-4-2-10(20)22-18(24)30/h1-4,7-8,11-16,25-28H,5-6H2,(H,31,32)(H2,19,21,29)(H2,20,22,30). The molecule has 0 saturated carbocycles. The molecule has 8 unspecified atom stereocenters. The molecule has 4 heterocycles. The van der Waals surface area contributed by atoms with Crippen LogP contribution in [-0.4, -0.2) is 94.3 Å². The van der Waals surface area contributed by atoms with Crippen LogP contribution in [0.4, 0.5) is 11.6 Å². The fourth-order valence-corrected chi connectivity index (χ4v) is 4.55. The first-order valence-corrected chi connectivity index (χ1v) is 12.2. The number of phosphoric ester groups is 1. The zero-order valence-electron chi connectivity index (χ0n) is 18.8. The maximum absolute atomic E-state index is 12.3.